The molecule has 0 aliphatic heterocycles. The van der Waals surface area contributed by atoms with Gasteiger partial charge < -0.3 is 19.2 Å². The Kier molecular flexibility index (Phi) is 11.7. The first-order valence-electron chi connectivity index (χ1n) is 0.894. The van der Waals surface area contributed by atoms with Gasteiger partial charge in [-0.05, 0) is 0 Å². The molecule has 7 heteroatoms. The zero-order valence-electron chi connectivity index (χ0n) is 3.00. The Morgan fingerprint density at radius 2 is 0.857 bits per heavy atom. The Morgan fingerprint density at radius 1 is 0.857 bits per heavy atom. The molecule has 0 aliphatic rings. The van der Waals surface area contributed by atoms with Crippen LogP contribution in [0.3, 0.4) is 0 Å². The normalized spacial score (nSPS) is 8.57. The topological polar surface area (TPSA) is 80.9 Å². The van der Waals surface area contributed by atoms with Gasteiger partial charge in [0.2, 0.25) is 0 Å². The van der Waals surface area contributed by atoms with Crippen LogP contribution in [0.5, 0.6) is 0 Å². The summed E-state index contributed by atoms with van der Waals surface area (Å²) in [5.41, 5.74) is 0. The first kappa shape index (κ1) is 15.7. The molecule has 4 N–H and O–H groups in total. The summed E-state index contributed by atoms with van der Waals surface area (Å²) in [6.45, 7) is 0. The molecule has 1 unspecified atom stereocenters. The van der Waals surface area contributed by atoms with Gasteiger partial charge in [0.15, 0.2) is 0 Å². The maximum atomic E-state index is 7.33. The Bertz CT molecular complexity index is 27.2. The quantitative estimate of drug-likeness (QED) is 0.210. The molecule has 7 heavy (non-hydrogen) atoms. The predicted molar refractivity (Wildman–Crippen MR) is 32.9 cm³/mol. The van der Waals surface area contributed by atoms with Gasteiger partial charge >= 0.3 is 27.9 Å². The molecule has 0 spiro atoms. The van der Waals surface area contributed by atoms with Crippen LogP contribution in [0, 0.1) is 0 Å². The third kappa shape index (κ3) is 156. The van der Waals surface area contributed by atoms with E-state index in [0.29, 0.717) is 0 Å². The number of rotatable bonds is 0. The second kappa shape index (κ2) is 5.23. The van der Waals surface area contributed by atoms with E-state index < -0.39 is 9.05 Å². The molecule has 0 bridgehead atoms. The molecule has 0 fully saturated rings. The Hall–Kier alpha value is 1.08. The molecule has 0 heterocycles. The summed E-state index contributed by atoms with van der Waals surface area (Å²) in [5, 5.41) is 0. The second-order valence-corrected chi connectivity index (χ2v) is 1.80. The van der Waals surface area contributed by atoms with Gasteiger partial charge in [0.05, 0.1) is 0 Å². The summed E-state index contributed by atoms with van der Waals surface area (Å²) in [6, 6.07) is 0. The van der Waals surface area contributed by atoms with E-state index in [2.05, 4.69) is 0 Å². The van der Waals surface area contributed by atoms with E-state index in [4.69, 9.17) is 19.2 Å². The minimum absolute atomic E-state index is 0. The van der Waals surface area contributed by atoms with Crippen molar-refractivity contribution in [3.63, 3.8) is 0 Å². The van der Waals surface area contributed by atoms with Crippen LogP contribution in [-0.2, 0) is 0 Å². The van der Waals surface area contributed by atoms with Crippen molar-refractivity contribution in [2.45, 2.75) is 0 Å². The van der Waals surface area contributed by atoms with E-state index >= 15 is 0 Å². The predicted octanol–water partition coefficient (Wildman–Crippen LogP) is -3.20. The number of hydrogen-bond donors (Lipinski definition) is 4. The van der Waals surface area contributed by atoms with Gasteiger partial charge in [-0.25, -0.2) is 0 Å². The van der Waals surface area contributed by atoms with Gasteiger partial charge in [0, 0.05) is 0 Å². The summed E-state index contributed by atoms with van der Waals surface area (Å²) in [7, 11) is -4.61. The van der Waals surface area contributed by atoms with E-state index in [1.165, 1.54) is 0 Å². The SMILES string of the molecule is O[Si](O)(O)O.P.[LiH]. The summed E-state index contributed by atoms with van der Waals surface area (Å²) < 4.78 is 0. The van der Waals surface area contributed by atoms with Crippen LogP contribution in [0.15, 0.2) is 0 Å². The Morgan fingerprint density at radius 3 is 0.857 bits per heavy atom. The van der Waals surface area contributed by atoms with Crippen molar-refractivity contribution in [3.05, 3.63) is 0 Å². The van der Waals surface area contributed by atoms with E-state index in [1.807, 2.05) is 0 Å². The molecule has 42 valence electrons. The zero-order chi connectivity index (χ0) is 4.50. The second-order valence-electron chi connectivity index (χ2n) is 0.600. The summed E-state index contributed by atoms with van der Waals surface area (Å²) >= 11 is 0. The van der Waals surface area contributed by atoms with Gasteiger partial charge in [-0.3, -0.25) is 0 Å². The van der Waals surface area contributed by atoms with Crippen molar-refractivity contribution < 1.29 is 19.2 Å². The van der Waals surface area contributed by atoms with Crippen molar-refractivity contribution in [1.82, 2.24) is 0 Å². The molecule has 0 aliphatic carbocycles. The molecule has 4 nitrogen and oxygen atoms in total. The van der Waals surface area contributed by atoms with E-state index in [1.54, 1.807) is 0 Å². The average Bonchev–Trinajstić information content (AvgIpc) is 0.722. The summed E-state index contributed by atoms with van der Waals surface area (Å²) in [5.74, 6) is 0. The molecule has 0 saturated heterocycles. The average molecular weight is 138 g/mol. The monoisotopic (exact) mass is 138 g/mol. The van der Waals surface area contributed by atoms with Crippen LogP contribution in [0.2, 0.25) is 0 Å². The van der Waals surface area contributed by atoms with Crippen LogP contribution in [-0.4, -0.2) is 47.1 Å². The van der Waals surface area contributed by atoms with Gasteiger partial charge in [0.25, 0.3) is 0 Å². The van der Waals surface area contributed by atoms with E-state index in [-0.39, 0.29) is 28.8 Å². The number of hydrogen-bond acceptors (Lipinski definition) is 4. The van der Waals surface area contributed by atoms with Crippen molar-refractivity contribution in [2.75, 3.05) is 0 Å². The molecule has 0 rings (SSSR count). The van der Waals surface area contributed by atoms with Crippen molar-refractivity contribution >= 4 is 37.8 Å². The van der Waals surface area contributed by atoms with Crippen molar-refractivity contribution in [2.24, 2.45) is 0 Å². The van der Waals surface area contributed by atoms with Gasteiger partial charge in [-0.1, -0.05) is 0 Å². The molecule has 0 aromatic rings. The molecule has 0 radical (unpaired) electrons. The van der Waals surface area contributed by atoms with Crippen LogP contribution in [0.25, 0.3) is 0 Å². The molecule has 0 amide bonds. The van der Waals surface area contributed by atoms with Gasteiger partial charge in [-0.2, -0.15) is 9.90 Å². The van der Waals surface area contributed by atoms with Gasteiger partial charge in [-0.15, -0.1) is 0 Å². The molecular weight excluding hydrogens is 130 g/mol. The summed E-state index contributed by atoms with van der Waals surface area (Å²) in [6.07, 6.45) is 0. The molecule has 0 aromatic heterocycles. The molecule has 1 atom stereocenters. The first-order valence-corrected chi connectivity index (χ1v) is 2.68. The molecule has 0 aromatic carbocycles. The van der Waals surface area contributed by atoms with Crippen LogP contribution >= 0.6 is 9.90 Å². The Labute approximate surface area is 57.5 Å². The third-order valence-electron chi connectivity index (χ3n) is 0. The van der Waals surface area contributed by atoms with E-state index in [9.17, 15) is 0 Å². The maximum absolute atomic E-state index is 7.33. The van der Waals surface area contributed by atoms with Crippen LogP contribution < -0.4 is 0 Å². The third-order valence-corrected chi connectivity index (χ3v) is 0. The van der Waals surface area contributed by atoms with Crippen LogP contribution in [0.1, 0.15) is 0 Å². The van der Waals surface area contributed by atoms with Crippen LogP contribution in [0.4, 0.5) is 0 Å². The summed E-state index contributed by atoms with van der Waals surface area (Å²) in [4.78, 5) is 29.3. The van der Waals surface area contributed by atoms with Gasteiger partial charge in [0.1, 0.15) is 0 Å². The molecular formula is H8LiO4PSi. The van der Waals surface area contributed by atoms with Crippen molar-refractivity contribution in [1.29, 1.82) is 0 Å². The first-order chi connectivity index (χ1) is 2.00. The molecule has 0 saturated carbocycles. The minimum atomic E-state index is -4.61. The fourth-order valence-electron chi connectivity index (χ4n) is 0. The zero-order valence-corrected chi connectivity index (χ0v) is 5.41. The standard InChI is InChI=1S/Li.H4O4Si.H3P.H/c;1-5(2,3)4;;/h;1-4H;1H3;. The van der Waals surface area contributed by atoms with E-state index in [0.717, 1.165) is 0 Å². The fourth-order valence-corrected chi connectivity index (χ4v) is 0. The van der Waals surface area contributed by atoms with Crippen molar-refractivity contribution in [3.8, 4) is 0 Å². The Balaban J connectivity index is -0.0000000800. The fraction of sp³-hybridized carbons (Fsp3) is 0.